The zero-order valence-electron chi connectivity index (χ0n) is 17.3. The van der Waals surface area contributed by atoms with Crippen LogP contribution in [0.3, 0.4) is 0 Å². The molecule has 0 aromatic carbocycles. The first-order valence-electron chi connectivity index (χ1n) is 11.0. The molecule has 0 aliphatic heterocycles. The van der Waals surface area contributed by atoms with Gasteiger partial charge in [-0.2, -0.15) is 8.42 Å². The van der Waals surface area contributed by atoms with E-state index in [9.17, 15) is 13.5 Å². The first-order chi connectivity index (χ1) is 12.4. The largest absolute Gasteiger partial charge is 0.393 e. The van der Waals surface area contributed by atoms with E-state index in [1.807, 2.05) is 13.8 Å². The van der Waals surface area contributed by atoms with Gasteiger partial charge >= 0.3 is 0 Å². The third kappa shape index (κ3) is 17.3. The Hall–Kier alpha value is -0.130. The number of aliphatic hydroxyl groups excluding tert-OH is 1. The van der Waals surface area contributed by atoms with Crippen LogP contribution in [0.15, 0.2) is 0 Å². The van der Waals surface area contributed by atoms with Gasteiger partial charge in [-0.3, -0.25) is 4.55 Å². The molecule has 0 fully saturated rings. The van der Waals surface area contributed by atoms with Crippen LogP contribution in [0, 0.1) is 0 Å². The second-order valence-corrected chi connectivity index (χ2v) is 9.62. The van der Waals surface area contributed by atoms with Gasteiger partial charge < -0.3 is 5.11 Å². The van der Waals surface area contributed by atoms with E-state index in [0.29, 0.717) is 12.8 Å². The van der Waals surface area contributed by atoms with E-state index < -0.39 is 15.4 Å². The molecule has 158 valence electrons. The molecule has 0 spiro atoms. The monoisotopic (exact) mass is 392 g/mol. The lowest BCUT2D eigenvalue weighted by molar-refractivity contribution is 0.180. The van der Waals surface area contributed by atoms with Gasteiger partial charge in [-0.1, -0.05) is 96.8 Å². The summed E-state index contributed by atoms with van der Waals surface area (Å²) in [6.45, 7) is 3.68. The minimum Gasteiger partial charge on any atom is -0.393 e. The van der Waals surface area contributed by atoms with Crippen molar-refractivity contribution in [3.63, 3.8) is 0 Å². The number of unbranched alkanes of at least 4 members (excludes halogenated alkanes) is 13. The summed E-state index contributed by atoms with van der Waals surface area (Å²) in [5.74, 6) is 0. The number of rotatable bonds is 19. The summed E-state index contributed by atoms with van der Waals surface area (Å²) in [6.07, 6.45) is 19.3. The molecule has 0 heterocycles. The Morgan fingerprint density at radius 3 is 1.23 bits per heavy atom. The standard InChI is InChI=1S/C21H44O4S/c1-3-21(26(23,24)25)19-17-15-13-11-9-7-5-4-6-8-10-12-14-16-18-20(2)22/h20-22H,3-19H2,1-2H3,(H,23,24,25). The van der Waals surface area contributed by atoms with Crippen molar-refractivity contribution in [3.05, 3.63) is 0 Å². The Morgan fingerprint density at radius 2 is 0.962 bits per heavy atom. The molecule has 2 unspecified atom stereocenters. The second-order valence-electron chi connectivity index (χ2n) is 7.92. The third-order valence-electron chi connectivity index (χ3n) is 5.27. The zero-order chi connectivity index (χ0) is 19.7. The van der Waals surface area contributed by atoms with Crippen molar-refractivity contribution in [3.8, 4) is 0 Å². The Labute approximate surface area is 162 Å². The Morgan fingerprint density at radius 1 is 0.654 bits per heavy atom. The Kier molecular flexibility index (Phi) is 16.9. The fourth-order valence-electron chi connectivity index (χ4n) is 3.50. The van der Waals surface area contributed by atoms with Gasteiger partial charge in [-0.15, -0.1) is 0 Å². The lowest BCUT2D eigenvalue weighted by Gasteiger charge is -2.10. The summed E-state index contributed by atoms with van der Waals surface area (Å²) in [5, 5.41) is 8.62. The van der Waals surface area contributed by atoms with Gasteiger partial charge in [0.15, 0.2) is 0 Å². The predicted molar refractivity (Wildman–Crippen MR) is 111 cm³/mol. The van der Waals surface area contributed by atoms with Crippen molar-refractivity contribution in [2.24, 2.45) is 0 Å². The molecular formula is C21H44O4S. The molecule has 2 atom stereocenters. The average molecular weight is 393 g/mol. The highest BCUT2D eigenvalue weighted by atomic mass is 32.2. The molecular weight excluding hydrogens is 348 g/mol. The summed E-state index contributed by atoms with van der Waals surface area (Å²) < 4.78 is 31.3. The van der Waals surface area contributed by atoms with Crippen LogP contribution in [0.5, 0.6) is 0 Å². The lowest BCUT2D eigenvalue weighted by Crippen LogP contribution is -2.19. The maximum Gasteiger partial charge on any atom is 0.267 e. The van der Waals surface area contributed by atoms with Gasteiger partial charge in [0.05, 0.1) is 11.4 Å². The van der Waals surface area contributed by atoms with Crippen molar-refractivity contribution in [2.75, 3.05) is 0 Å². The first-order valence-corrected chi connectivity index (χ1v) is 12.5. The predicted octanol–water partition coefficient (Wildman–Crippen LogP) is 6.28. The normalized spacial score (nSPS) is 14.5. The Balaban J connectivity index is 3.22. The minimum atomic E-state index is -3.85. The van der Waals surface area contributed by atoms with E-state index in [4.69, 9.17) is 4.55 Å². The van der Waals surface area contributed by atoms with Crippen LogP contribution < -0.4 is 0 Å². The average Bonchev–Trinajstić information content (AvgIpc) is 2.56. The number of hydrogen-bond acceptors (Lipinski definition) is 3. The topological polar surface area (TPSA) is 74.6 Å². The van der Waals surface area contributed by atoms with E-state index >= 15 is 0 Å². The highest BCUT2D eigenvalue weighted by Gasteiger charge is 2.19. The fourth-order valence-corrected chi connectivity index (χ4v) is 4.38. The van der Waals surface area contributed by atoms with Gasteiger partial charge in [0, 0.05) is 0 Å². The lowest BCUT2D eigenvalue weighted by atomic mass is 10.0. The number of hydrogen-bond donors (Lipinski definition) is 2. The molecule has 0 rings (SSSR count). The molecule has 0 bridgehead atoms. The SMILES string of the molecule is CCC(CCCCCCCCCCCCCCCCC(C)O)S(=O)(=O)O. The van der Waals surface area contributed by atoms with Gasteiger partial charge in [-0.25, -0.2) is 0 Å². The molecule has 0 saturated heterocycles. The summed E-state index contributed by atoms with van der Waals surface area (Å²) in [6, 6.07) is 0. The van der Waals surface area contributed by atoms with Crippen LogP contribution in [-0.4, -0.2) is 29.4 Å². The zero-order valence-corrected chi connectivity index (χ0v) is 18.1. The molecule has 2 N–H and O–H groups in total. The maximum atomic E-state index is 11.1. The van der Waals surface area contributed by atoms with Crippen molar-refractivity contribution in [2.45, 2.75) is 134 Å². The molecule has 0 radical (unpaired) electrons. The Bertz CT molecular complexity index is 393. The summed E-state index contributed by atoms with van der Waals surface area (Å²) in [4.78, 5) is 0. The molecule has 4 nitrogen and oxygen atoms in total. The van der Waals surface area contributed by atoms with E-state index in [1.54, 1.807) is 0 Å². The van der Waals surface area contributed by atoms with E-state index in [0.717, 1.165) is 25.7 Å². The smallest absolute Gasteiger partial charge is 0.267 e. The molecule has 26 heavy (non-hydrogen) atoms. The molecule has 0 aliphatic rings. The maximum absolute atomic E-state index is 11.1. The van der Waals surface area contributed by atoms with Crippen molar-refractivity contribution >= 4 is 10.1 Å². The van der Waals surface area contributed by atoms with Crippen molar-refractivity contribution in [1.29, 1.82) is 0 Å². The highest BCUT2D eigenvalue weighted by Crippen LogP contribution is 2.16. The molecule has 0 aromatic rings. The van der Waals surface area contributed by atoms with Crippen LogP contribution in [0.1, 0.15) is 123 Å². The highest BCUT2D eigenvalue weighted by molar-refractivity contribution is 7.86. The van der Waals surface area contributed by atoms with Crippen LogP contribution >= 0.6 is 0 Å². The summed E-state index contributed by atoms with van der Waals surface area (Å²) in [7, 11) is -3.85. The van der Waals surface area contributed by atoms with E-state index in [1.165, 1.54) is 70.6 Å². The molecule has 0 amide bonds. The first kappa shape index (κ1) is 25.9. The number of aliphatic hydroxyl groups is 1. The van der Waals surface area contributed by atoms with Crippen LogP contribution in [-0.2, 0) is 10.1 Å². The summed E-state index contributed by atoms with van der Waals surface area (Å²) in [5.41, 5.74) is 0. The van der Waals surface area contributed by atoms with E-state index in [2.05, 4.69) is 0 Å². The van der Waals surface area contributed by atoms with Crippen LogP contribution in [0.4, 0.5) is 0 Å². The summed E-state index contributed by atoms with van der Waals surface area (Å²) >= 11 is 0. The molecule has 0 aromatic heterocycles. The quantitative estimate of drug-likeness (QED) is 0.200. The third-order valence-corrected chi connectivity index (χ3v) is 6.69. The van der Waals surface area contributed by atoms with Crippen LogP contribution in [0.2, 0.25) is 0 Å². The second kappa shape index (κ2) is 17.0. The van der Waals surface area contributed by atoms with Crippen molar-refractivity contribution < 1.29 is 18.1 Å². The van der Waals surface area contributed by atoms with Gasteiger partial charge in [0.25, 0.3) is 10.1 Å². The van der Waals surface area contributed by atoms with Gasteiger partial charge in [0.1, 0.15) is 0 Å². The van der Waals surface area contributed by atoms with Gasteiger partial charge in [-0.05, 0) is 26.2 Å². The van der Waals surface area contributed by atoms with Gasteiger partial charge in [0.2, 0.25) is 0 Å². The molecule has 0 aliphatic carbocycles. The molecule has 0 saturated carbocycles. The van der Waals surface area contributed by atoms with Crippen molar-refractivity contribution in [1.82, 2.24) is 0 Å². The minimum absolute atomic E-state index is 0.139. The fraction of sp³-hybridized carbons (Fsp3) is 1.00. The molecule has 5 heteroatoms. The van der Waals surface area contributed by atoms with Crippen LogP contribution in [0.25, 0.3) is 0 Å². The van der Waals surface area contributed by atoms with E-state index in [-0.39, 0.29) is 6.10 Å².